The van der Waals surface area contributed by atoms with E-state index < -0.39 is 0 Å². The fraction of sp³-hybridized carbons (Fsp3) is 0. The molecule has 0 atom stereocenters. The molecule has 0 heterocycles. The first-order valence-corrected chi connectivity index (χ1v) is 0. The fourth-order valence-corrected chi connectivity index (χ4v) is 0. The third kappa shape index (κ3) is 9.11. The van der Waals surface area contributed by atoms with Crippen LogP contribution in [0.15, 0.2) is 0 Å². The predicted molar refractivity (Wildman–Crippen MR) is 6.87 cm³/mol. The third-order valence-electron chi connectivity index (χ3n) is 0. The van der Waals surface area contributed by atoms with Crippen molar-refractivity contribution in [3.8, 4) is 0 Å². The van der Waals surface area contributed by atoms with Gasteiger partial charge in [-0.2, -0.15) is 0 Å². The van der Waals surface area contributed by atoms with Crippen molar-refractivity contribution in [1.29, 1.82) is 0 Å². The summed E-state index contributed by atoms with van der Waals surface area (Å²) < 4.78 is 0. The van der Waals surface area contributed by atoms with E-state index in [-0.39, 0.29) is 113 Å². The summed E-state index contributed by atoms with van der Waals surface area (Å²) in [5, 5.41) is 0. The van der Waals surface area contributed by atoms with Crippen molar-refractivity contribution >= 4 is 26.2 Å². The van der Waals surface area contributed by atoms with E-state index in [2.05, 4.69) is 0 Å². The molecule has 0 aliphatic rings. The largest absolute Gasteiger partial charge is 1.00 e. The topological polar surface area (TPSA) is 0 Å². The summed E-state index contributed by atoms with van der Waals surface area (Å²) in [6.07, 6.45) is 0. The van der Waals surface area contributed by atoms with Gasteiger partial charge in [-0.1, -0.05) is 0 Å². The van der Waals surface area contributed by atoms with E-state index in [4.69, 9.17) is 0 Å². The van der Waals surface area contributed by atoms with E-state index >= 15 is 0 Å². The zero-order chi connectivity index (χ0) is 0. The Bertz CT molecular complexity index is 11.6. The molecule has 0 aromatic rings. The molecule has 0 unspecified atom stereocenters. The molecule has 0 N–H and O–H groups in total. The quantitative estimate of drug-likeness (QED) is 0.397. The Morgan fingerprint density at radius 3 is 1.25 bits per heavy atom. The van der Waals surface area contributed by atoms with Crippen LogP contribution in [0, 0.1) is 0 Å². The third-order valence-corrected chi connectivity index (χ3v) is 0. The predicted octanol–water partition coefficient (Wildman–Crippen LogP) is -3.27. The van der Waals surface area contributed by atoms with Gasteiger partial charge in [0.15, 0.2) is 0 Å². The molecule has 4 radical (unpaired) electrons. The van der Waals surface area contributed by atoms with Crippen molar-refractivity contribution in [2.75, 3.05) is 0 Å². The fourth-order valence-electron chi connectivity index (χ4n) is 0. The van der Waals surface area contributed by atoms with Crippen LogP contribution in [-0.2, 0) is 33.6 Å². The van der Waals surface area contributed by atoms with Crippen molar-refractivity contribution in [2.45, 2.75) is 0 Å². The molecule has 0 spiro atoms. The number of hydrogen-bond acceptors (Lipinski definition) is 0. The first-order valence-electron chi connectivity index (χ1n) is 0. The summed E-state index contributed by atoms with van der Waals surface area (Å²) in [5.41, 5.74) is 0. The maximum absolute atomic E-state index is 0. The molecule has 0 fully saturated rings. The van der Waals surface area contributed by atoms with Crippen LogP contribution in [0.1, 0.15) is 1.43 Å². The first kappa shape index (κ1) is 25.8. The molecule has 24 valence electrons. The monoisotopic (exact) mass is 362 g/mol. The molecule has 0 aromatic carbocycles. The zero-order valence-electron chi connectivity index (χ0n) is 3.14. The van der Waals surface area contributed by atoms with Crippen LogP contribution in [0.5, 0.6) is 0 Å². The average molecular weight is 363 g/mol. The Labute approximate surface area is 110 Å². The van der Waals surface area contributed by atoms with Gasteiger partial charge in [0.2, 0.25) is 0 Å². The average Bonchev–Trinajstić information content (AvgIpc) is 0. The Hall–Kier alpha value is 3.53. The molecule has 4 heteroatoms. The molecule has 0 rings (SSSR count). The van der Waals surface area contributed by atoms with E-state index in [0.717, 1.165) is 0 Å². The van der Waals surface area contributed by atoms with E-state index in [9.17, 15) is 0 Å². The number of hydrogen-bond donors (Lipinski definition) is 0. The maximum atomic E-state index is 0. The van der Waals surface area contributed by atoms with Gasteiger partial charge in [-0.3, -0.25) is 0 Å². The van der Waals surface area contributed by atoms with E-state index in [1.165, 1.54) is 0 Å². The van der Waals surface area contributed by atoms with Crippen molar-refractivity contribution < 1.29 is 86.4 Å². The van der Waals surface area contributed by atoms with Gasteiger partial charge >= 0.3 is 51.4 Å². The van der Waals surface area contributed by atoms with Crippen LogP contribution in [0.2, 0.25) is 0 Å². The summed E-state index contributed by atoms with van der Waals surface area (Å²) in [4.78, 5) is 0. The van der Waals surface area contributed by atoms with Gasteiger partial charge < -0.3 is 1.43 Å². The summed E-state index contributed by atoms with van der Waals surface area (Å²) >= 11 is 0. The number of rotatable bonds is 0. The van der Waals surface area contributed by atoms with Crippen molar-refractivity contribution in [1.82, 2.24) is 0 Å². The molecule has 4 heavy (non-hydrogen) atoms. The maximum Gasteiger partial charge on any atom is 1.00 e. The Kier molecular flexibility index (Phi) is 103. The summed E-state index contributed by atoms with van der Waals surface area (Å²) in [5.74, 6) is 0. The van der Waals surface area contributed by atoms with Crippen LogP contribution in [-0.4, -0.2) is 26.2 Å². The van der Waals surface area contributed by atoms with E-state index in [1.807, 2.05) is 0 Å². The minimum Gasteiger partial charge on any atom is -1.00 e. The van der Waals surface area contributed by atoms with Gasteiger partial charge in [0.05, 0.1) is 0 Å². The molecule has 0 saturated heterocycles. The Balaban J connectivity index is 0. The van der Waals surface area contributed by atoms with E-state index in [0.29, 0.717) is 0 Å². The molecule has 0 nitrogen and oxygen atoms in total. The molecule has 0 aliphatic carbocycles. The molecule has 0 bridgehead atoms. The zero-order valence-corrected chi connectivity index (χ0v) is 10.9. The normalized spacial score (nSPS) is 0. The minimum absolute atomic E-state index is 0. The molecular formula is HBiKMnNi. The smallest absolute Gasteiger partial charge is 1.00 e. The van der Waals surface area contributed by atoms with Crippen molar-refractivity contribution in [2.24, 2.45) is 0 Å². The Morgan fingerprint density at radius 1 is 1.25 bits per heavy atom. The van der Waals surface area contributed by atoms with Gasteiger partial charge in [-0.15, -0.1) is 0 Å². The van der Waals surface area contributed by atoms with Crippen LogP contribution < -0.4 is 51.4 Å². The SMILES string of the molecule is [Bi].[H-].[K+].[Mn].[Ni]. The van der Waals surface area contributed by atoms with Crippen molar-refractivity contribution in [3.63, 3.8) is 0 Å². The van der Waals surface area contributed by atoms with Crippen LogP contribution >= 0.6 is 0 Å². The van der Waals surface area contributed by atoms with Gasteiger partial charge in [0, 0.05) is 59.8 Å². The van der Waals surface area contributed by atoms with Gasteiger partial charge in [0.25, 0.3) is 0 Å². The second kappa shape index (κ2) is 16.0. The minimum atomic E-state index is 0. The summed E-state index contributed by atoms with van der Waals surface area (Å²) in [6.45, 7) is 0. The molecular weight excluding hydrogens is 362 g/mol. The summed E-state index contributed by atoms with van der Waals surface area (Å²) in [7, 11) is 0. The molecule has 0 aromatic heterocycles. The molecule has 0 saturated carbocycles. The molecule has 0 amide bonds. The second-order valence-electron chi connectivity index (χ2n) is 0. The van der Waals surface area contributed by atoms with Crippen LogP contribution in [0.3, 0.4) is 0 Å². The van der Waals surface area contributed by atoms with Gasteiger partial charge in [-0.25, -0.2) is 0 Å². The first-order chi connectivity index (χ1) is 0. The summed E-state index contributed by atoms with van der Waals surface area (Å²) in [6, 6.07) is 0. The van der Waals surface area contributed by atoms with Crippen LogP contribution in [0.25, 0.3) is 0 Å². The Morgan fingerprint density at radius 2 is 1.25 bits per heavy atom. The van der Waals surface area contributed by atoms with E-state index in [1.54, 1.807) is 0 Å². The van der Waals surface area contributed by atoms with Crippen LogP contribution in [0.4, 0.5) is 0 Å². The second-order valence-corrected chi connectivity index (χ2v) is 0. The van der Waals surface area contributed by atoms with Gasteiger partial charge in [-0.05, 0) is 0 Å². The van der Waals surface area contributed by atoms with Crippen molar-refractivity contribution in [3.05, 3.63) is 0 Å². The van der Waals surface area contributed by atoms with Gasteiger partial charge in [0.1, 0.15) is 0 Å². The molecule has 0 aliphatic heterocycles. The standard InChI is InChI=1S/Bi.K.Mn.Ni.H/q;+1;;;-1.